The van der Waals surface area contributed by atoms with Crippen LogP contribution in [0.5, 0.6) is 0 Å². The number of morpholine rings is 1. The van der Waals surface area contributed by atoms with E-state index in [0.717, 1.165) is 17.7 Å². The molecule has 3 nitrogen and oxygen atoms in total. The maximum atomic E-state index is 13.9. The lowest BCUT2D eigenvalue weighted by atomic mass is 10.0. The maximum Gasteiger partial charge on any atom is 0.257 e. The fourth-order valence-corrected chi connectivity index (χ4v) is 3.06. The van der Waals surface area contributed by atoms with E-state index in [1.807, 2.05) is 37.3 Å². The molecule has 3 rings (SSSR count). The summed E-state index contributed by atoms with van der Waals surface area (Å²) in [6, 6.07) is 11.4. The molecule has 0 aliphatic carbocycles. The van der Waals surface area contributed by atoms with Crippen LogP contribution in [0.4, 0.5) is 13.2 Å². The Labute approximate surface area is 144 Å². The molecule has 1 fully saturated rings. The largest absolute Gasteiger partial charge is 0.371 e. The van der Waals surface area contributed by atoms with Crippen LogP contribution in [0.1, 0.15) is 22.8 Å². The van der Waals surface area contributed by atoms with Gasteiger partial charge in [0.1, 0.15) is 0 Å². The van der Waals surface area contributed by atoms with Crippen molar-refractivity contribution in [3.8, 4) is 0 Å². The number of ether oxygens (including phenoxy) is 1. The minimum atomic E-state index is -1.63. The monoisotopic (exact) mass is 349 g/mol. The number of rotatable bonds is 3. The third kappa shape index (κ3) is 3.85. The highest BCUT2D eigenvalue weighted by molar-refractivity contribution is 5.94. The molecule has 132 valence electrons. The average molecular weight is 349 g/mol. The highest BCUT2D eigenvalue weighted by atomic mass is 19.2. The van der Waals surface area contributed by atoms with Gasteiger partial charge >= 0.3 is 0 Å². The summed E-state index contributed by atoms with van der Waals surface area (Å²) in [6.45, 7) is 2.35. The van der Waals surface area contributed by atoms with Gasteiger partial charge in [0.15, 0.2) is 17.5 Å². The molecular weight excluding hydrogens is 331 g/mol. The number of carbonyl (C=O) groups is 1. The Bertz CT molecular complexity index is 767. The average Bonchev–Trinajstić information content (AvgIpc) is 2.60. The van der Waals surface area contributed by atoms with E-state index in [2.05, 4.69) is 0 Å². The second-order valence-corrected chi connectivity index (χ2v) is 6.19. The van der Waals surface area contributed by atoms with Gasteiger partial charge in [0, 0.05) is 19.5 Å². The molecule has 0 aromatic heterocycles. The van der Waals surface area contributed by atoms with Crippen LogP contribution < -0.4 is 0 Å². The number of carbonyl (C=O) groups excluding carboxylic acids is 1. The van der Waals surface area contributed by atoms with Crippen molar-refractivity contribution in [2.45, 2.75) is 25.6 Å². The fourth-order valence-electron chi connectivity index (χ4n) is 3.06. The first kappa shape index (κ1) is 17.5. The van der Waals surface area contributed by atoms with Crippen LogP contribution in [-0.4, -0.2) is 36.1 Å². The molecule has 0 radical (unpaired) electrons. The Hall–Kier alpha value is -2.34. The Kier molecular flexibility index (Phi) is 5.08. The lowest BCUT2D eigenvalue weighted by Crippen LogP contribution is -2.50. The number of hydrogen-bond acceptors (Lipinski definition) is 2. The van der Waals surface area contributed by atoms with Crippen molar-refractivity contribution >= 4 is 5.91 Å². The second-order valence-electron chi connectivity index (χ2n) is 6.19. The molecule has 0 spiro atoms. The molecule has 6 heteroatoms. The summed E-state index contributed by atoms with van der Waals surface area (Å²) in [5.41, 5.74) is 0.597. The smallest absolute Gasteiger partial charge is 0.257 e. The first-order valence-corrected chi connectivity index (χ1v) is 8.08. The van der Waals surface area contributed by atoms with Crippen LogP contribution in [-0.2, 0) is 11.2 Å². The van der Waals surface area contributed by atoms with Crippen molar-refractivity contribution < 1.29 is 22.7 Å². The first-order valence-electron chi connectivity index (χ1n) is 8.08. The minimum absolute atomic E-state index is 0.236. The third-order valence-electron chi connectivity index (χ3n) is 4.19. The molecule has 2 atom stereocenters. The second kappa shape index (κ2) is 7.27. The standard InChI is InChI=1S/C19H18F3NO2/c1-12-10-23(11-14(25-12)9-13-5-3-2-4-6-13)19(24)15-7-8-16(20)18(22)17(15)21/h2-8,12,14H,9-11H2,1H3. The van der Waals surface area contributed by atoms with E-state index in [0.29, 0.717) is 6.42 Å². The zero-order valence-electron chi connectivity index (χ0n) is 13.7. The van der Waals surface area contributed by atoms with Crippen molar-refractivity contribution in [2.75, 3.05) is 13.1 Å². The highest BCUT2D eigenvalue weighted by Crippen LogP contribution is 2.21. The van der Waals surface area contributed by atoms with Crippen molar-refractivity contribution in [1.82, 2.24) is 4.90 Å². The number of nitrogens with zero attached hydrogens (tertiary/aromatic N) is 1. The minimum Gasteiger partial charge on any atom is -0.371 e. The molecule has 1 amide bonds. The molecule has 0 bridgehead atoms. The van der Waals surface area contributed by atoms with Crippen molar-refractivity contribution in [1.29, 1.82) is 0 Å². The quantitative estimate of drug-likeness (QED) is 0.793. The predicted molar refractivity (Wildman–Crippen MR) is 86.7 cm³/mol. The molecule has 1 aliphatic rings. The van der Waals surface area contributed by atoms with E-state index in [1.165, 1.54) is 4.90 Å². The van der Waals surface area contributed by atoms with E-state index in [9.17, 15) is 18.0 Å². The molecule has 1 saturated heterocycles. The van der Waals surface area contributed by atoms with Gasteiger partial charge in [0.05, 0.1) is 17.8 Å². The Morgan fingerprint density at radius 3 is 2.52 bits per heavy atom. The Balaban J connectivity index is 1.77. The third-order valence-corrected chi connectivity index (χ3v) is 4.19. The van der Waals surface area contributed by atoms with Crippen LogP contribution in [0.2, 0.25) is 0 Å². The normalized spacial score (nSPS) is 20.6. The van der Waals surface area contributed by atoms with Crippen LogP contribution in [0.3, 0.4) is 0 Å². The summed E-state index contributed by atoms with van der Waals surface area (Å²) in [4.78, 5) is 14.0. The molecule has 2 aromatic carbocycles. The molecule has 1 heterocycles. The molecular formula is C19H18F3NO2. The van der Waals surface area contributed by atoms with Gasteiger partial charge in [0.25, 0.3) is 5.91 Å². The summed E-state index contributed by atoms with van der Waals surface area (Å²) in [7, 11) is 0. The van der Waals surface area contributed by atoms with Gasteiger partial charge in [-0.1, -0.05) is 30.3 Å². The van der Waals surface area contributed by atoms with Crippen molar-refractivity contribution in [3.63, 3.8) is 0 Å². The van der Waals surface area contributed by atoms with Gasteiger partial charge in [-0.15, -0.1) is 0 Å². The Morgan fingerprint density at radius 2 is 1.80 bits per heavy atom. The first-order chi connectivity index (χ1) is 12.0. The van der Waals surface area contributed by atoms with E-state index in [1.54, 1.807) is 0 Å². The maximum absolute atomic E-state index is 13.9. The summed E-state index contributed by atoms with van der Waals surface area (Å²) in [5.74, 6) is -5.06. The lowest BCUT2D eigenvalue weighted by molar-refractivity contribution is -0.0665. The van der Waals surface area contributed by atoms with Gasteiger partial charge in [-0.2, -0.15) is 0 Å². The zero-order chi connectivity index (χ0) is 18.0. The number of amides is 1. The lowest BCUT2D eigenvalue weighted by Gasteiger charge is -2.37. The van der Waals surface area contributed by atoms with Crippen LogP contribution in [0.15, 0.2) is 42.5 Å². The van der Waals surface area contributed by atoms with Gasteiger partial charge in [-0.25, -0.2) is 13.2 Å². The van der Waals surface area contributed by atoms with Crippen LogP contribution in [0, 0.1) is 17.5 Å². The SMILES string of the molecule is CC1CN(C(=O)c2ccc(F)c(F)c2F)CC(Cc2ccccc2)O1. The van der Waals surface area contributed by atoms with E-state index in [4.69, 9.17) is 4.74 Å². The predicted octanol–water partition coefficient (Wildman–Crippen LogP) is 3.58. The van der Waals surface area contributed by atoms with Gasteiger partial charge in [-0.05, 0) is 24.6 Å². The molecule has 0 N–H and O–H groups in total. The summed E-state index contributed by atoms with van der Waals surface area (Å²) >= 11 is 0. The summed E-state index contributed by atoms with van der Waals surface area (Å²) in [5, 5.41) is 0. The molecule has 2 aromatic rings. The van der Waals surface area contributed by atoms with Crippen LogP contribution >= 0.6 is 0 Å². The highest BCUT2D eigenvalue weighted by Gasteiger charge is 2.31. The van der Waals surface area contributed by atoms with E-state index < -0.39 is 28.9 Å². The van der Waals surface area contributed by atoms with Crippen molar-refractivity contribution in [2.24, 2.45) is 0 Å². The number of benzene rings is 2. The molecule has 0 saturated carbocycles. The topological polar surface area (TPSA) is 29.5 Å². The van der Waals surface area contributed by atoms with Gasteiger partial charge in [0.2, 0.25) is 0 Å². The van der Waals surface area contributed by atoms with E-state index >= 15 is 0 Å². The van der Waals surface area contributed by atoms with Crippen molar-refractivity contribution in [3.05, 3.63) is 71.0 Å². The molecule has 25 heavy (non-hydrogen) atoms. The van der Waals surface area contributed by atoms with E-state index in [-0.39, 0.29) is 25.3 Å². The summed E-state index contributed by atoms with van der Waals surface area (Å²) < 4.78 is 46.3. The number of halogens is 3. The number of hydrogen-bond donors (Lipinski definition) is 0. The van der Waals surface area contributed by atoms with Gasteiger partial charge in [-0.3, -0.25) is 4.79 Å². The molecule has 1 aliphatic heterocycles. The van der Waals surface area contributed by atoms with Gasteiger partial charge < -0.3 is 9.64 Å². The Morgan fingerprint density at radius 1 is 1.08 bits per heavy atom. The summed E-state index contributed by atoms with van der Waals surface area (Å²) in [6.07, 6.45) is 0.123. The van der Waals surface area contributed by atoms with Crippen LogP contribution in [0.25, 0.3) is 0 Å². The molecule has 2 unspecified atom stereocenters. The fraction of sp³-hybridized carbons (Fsp3) is 0.316. The zero-order valence-corrected chi connectivity index (χ0v) is 13.7.